The van der Waals surface area contributed by atoms with Crippen molar-refractivity contribution >= 4 is 23.0 Å². The summed E-state index contributed by atoms with van der Waals surface area (Å²) >= 11 is 0. The highest BCUT2D eigenvalue weighted by Gasteiger charge is 2.23. The molecule has 0 aliphatic carbocycles. The maximum absolute atomic E-state index is 12.9. The van der Waals surface area contributed by atoms with Crippen LogP contribution in [0.15, 0.2) is 48.7 Å². The van der Waals surface area contributed by atoms with Gasteiger partial charge in [0.15, 0.2) is 5.78 Å². The summed E-state index contributed by atoms with van der Waals surface area (Å²) in [5, 5.41) is 30.2. The second-order valence-corrected chi connectivity index (χ2v) is 9.15. The Morgan fingerprint density at radius 1 is 1.10 bits per heavy atom. The van der Waals surface area contributed by atoms with Crippen LogP contribution >= 0.6 is 0 Å². The van der Waals surface area contributed by atoms with Crippen molar-refractivity contribution in [3.8, 4) is 5.75 Å². The summed E-state index contributed by atoms with van der Waals surface area (Å²) < 4.78 is 30.4. The van der Waals surface area contributed by atoms with E-state index in [0.717, 1.165) is 19.3 Å². The van der Waals surface area contributed by atoms with E-state index in [9.17, 15) is 18.7 Å². The van der Waals surface area contributed by atoms with Crippen molar-refractivity contribution in [3.63, 3.8) is 0 Å². The van der Waals surface area contributed by atoms with Gasteiger partial charge in [0.2, 0.25) is 0 Å². The molecule has 1 aromatic carbocycles. The number of carbonyl (C=O) groups is 1. The summed E-state index contributed by atoms with van der Waals surface area (Å²) in [5.74, 6) is 0.726. The molecule has 0 fully saturated rings. The van der Waals surface area contributed by atoms with Gasteiger partial charge in [-0.1, -0.05) is 47.6 Å². The van der Waals surface area contributed by atoms with Gasteiger partial charge in [-0.2, -0.15) is 8.78 Å². The molecule has 1 aromatic heterocycles. The number of pyridine rings is 1. The van der Waals surface area contributed by atoms with Gasteiger partial charge in [0.05, 0.1) is 12.7 Å². The van der Waals surface area contributed by atoms with Gasteiger partial charge >= 0.3 is 6.11 Å². The summed E-state index contributed by atoms with van der Waals surface area (Å²) in [7, 11) is 0. The van der Waals surface area contributed by atoms with Crippen molar-refractivity contribution < 1.29 is 28.5 Å². The van der Waals surface area contributed by atoms with E-state index in [0.29, 0.717) is 35.3 Å². The van der Waals surface area contributed by atoms with E-state index < -0.39 is 12.2 Å². The number of carbonyl (C=O) groups excluding carboxylic acids is 1. The lowest BCUT2D eigenvalue weighted by Crippen LogP contribution is -2.19. The molecule has 0 bridgehead atoms. The molecule has 224 valence electrons. The largest absolute Gasteiger partial charge is 0.433 e. The predicted molar refractivity (Wildman–Crippen MR) is 159 cm³/mol. The van der Waals surface area contributed by atoms with Crippen LogP contribution in [0.1, 0.15) is 85.8 Å². The summed E-state index contributed by atoms with van der Waals surface area (Å²) in [6, 6.07) is 7.75. The number of hydrogen-bond acceptors (Lipinski definition) is 7. The van der Waals surface area contributed by atoms with E-state index in [4.69, 9.17) is 10.5 Å². The number of nitrogens with zero attached hydrogens (tertiary/aromatic N) is 1. The first kappa shape index (κ1) is 36.8. The number of aromatic nitrogens is 1. The number of aliphatic hydroxyl groups is 2. The molecule has 40 heavy (non-hydrogen) atoms. The van der Waals surface area contributed by atoms with Gasteiger partial charge in [-0.15, -0.1) is 0 Å². The Hall–Kier alpha value is -3.17. The van der Waals surface area contributed by atoms with Crippen molar-refractivity contribution in [1.29, 1.82) is 5.41 Å². The Kier molecular flexibility index (Phi) is 17.5. The lowest BCUT2D eigenvalue weighted by molar-refractivity contribution is -0.158. The van der Waals surface area contributed by atoms with Crippen LogP contribution in [-0.4, -0.2) is 38.9 Å². The van der Waals surface area contributed by atoms with E-state index in [-0.39, 0.29) is 30.0 Å². The van der Waals surface area contributed by atoms with Gasteiger partial charge in [-0.25, -0.2) is 4.98 Å². The van der Waals surface area contributed by atoms with E-state index in [1.54, 1.807) is 31.3 Å². The van der Waals surface area contributed by atoms with E-state index in [1.807, 2.05) is 41.5 Å². The van der Waals surface area contributed by atoms with Crippen molar-refractivity contribution in [1.82, 2.24) is 4.98 Å². The maximum Gasteiger partial charge on any atom is 0.394 e. The first-order chi connectivity index (χ1) is 18.9. The van der Waals surface area contributed by atoms with Gasteiger partial charge in [0, 0.05) is 41.9 Å². The van der Waals surface area contributed by atoms with Crippen LogP contribution in [-0.2, 0) is 11.4 Å². The smallest absolute Gasteiger partial charge is 0.394 e. The van der Waals surface area contributed by atoms with Crippen LogP contribution < -0.4 is 10.1 Å². The highest BCUT2D eigenvalue weighted by Crippen LogP contribution is 2.28. The zero-order valence-corrected chi connectivity index (χ0v) is 25.1. The molecule has 0 amide bonds. The molecule has 2 rings (SSSR count). The third-order valence-corrected chi connectivity index (χ3v) is 5.92. The second-order valence-electron chi connectivity index (χ2n) is 9.15. The number of aliphatic hydroxyl groups excluding tert-OH is 2. The molecular weight excluding hydrogens is 516 g/mol. The molecule has 1 heterocycles. The number of anilines is 2. The topological polar surface area (TPSA) is 116 Å². The third kappa shape index (κ3) is 13.3. The third-order valence-electron chi connectivity index (χ3n) is 5.92. The summed E-state index contributed by atoms with van der Waals surface area (Å²) in [6.45, 7) is 14.0. The van der Waals surface area contributed by atoms with Crippen molar-refractivity contribution in [3.05, 3.63) is 59.8 Å². The Bertz CT molecular complexity index is 1050. The summed E-state index contributed by atoms with van der Waals surface area (Å²) in [6.07, 6.45) is 3.23. The molecule has 0 spiro atoms. The quantitative estimate of drug-likeness (QED) is 0.147. The lowest BCUT2D eigenvalue weighted by Gasteiger charge is -2.20. The van der Waals surface area contributed by atoms with E-state index in [2.05, 4.69) is 15.0 Å². The zero-order valence-electron chi connectivity index (χ0n) is 25.1. The van der Waals surface area contributed by atoms with Crippen molar-refractivity contribution in [2.45, 2.75) is 93.5 Å². The average Bonchev–Trinajstić information content (AvgIpc) is 2.93. The number of rotatable bonds is 13. The first-order valence-electron chi connectivity index (χ1n) is 13.9. The molecular formula is C31H47F2N3O4. The fourth-order valence-corrected chi connectivity index (χ4v) is 3.48. The predicted octanol–water partition coefficient (Wildman–Crippen LogP) is 7.68. The molecule has 0 aliphatic heterocycles. The molecule has 4 N–H and O–H groups in total. The molecule has 0 saturated carbocycles. The van der Waals surface area contributed by atoms with Gasteiger partial charge < -0.3 is 25.7 Å². The van der Waals surface area contributed by atoms with E-state index in [1.165, 1.54) is 24.3 Å². The van der Waals surface area contributed by atoms with Crippen LogP contribution in [0, 0.1) is 17.2 Å². The normalized spacial score (nSPS) is 12.5. The number of halogens is 2. The number of nitrogens with one attached hydrogen (secondary N) is 2. The molecule has 0 radical (unpaired) electrons. The Labute approximate surface area is 238 Å². The summed E-state index contributed by atoms with van der Waals surface area (Å²) in [4.78, 5) is 15.4. The van der Waals surface area contributed by atoms with Crippen molar-refractivity contribution in [2.75, 3.05) is 5.32 Å². The van der Waals surface area contributed by atoms with Crippen LogP contribution in [0.2, 0.25) is 0 Å². The standard InChI is InChI=1S/C20H25F2N3O2.C9H16O2.C2H6/c1-4-13(5-2)18(23)17-14(12-26)10-11-24-19(17)25-15-6-8-16(9-7-15)27-20(3,21)22;1-4-7(2)9(11)6-5-8(3)10;1-2/h6-11,13,23,26H,4-5,12H2,1-3H3,(H,24,25);5-8,10H,4H2,1-3H3;1-2H3/b;6-5+;. The Morgan fingerprint density at radius 3 is 2.12 bits per heavy atom. The fraction of sp³-hybridized carbons (Fsp3) is 0.516. The van der Waals surface area contributed by atoms with Gasteiger partial charge in [0.1, 0.15) is 11.6 Å². The molecule has 9 heteroatoms. The Balaban J connectivity index is 0.000000985. The SMILES string of the molecule is CC.CCC(C)C(=O)/C=C/C(C)O.CCC(CC)C(=N)c1c(CO)ccnc1Nc1ccc(OC(C)(F)F)cc1. The van der Waals surface area contributed by atoms with Crippen LogP contribution in [0.4, 0.5) is 20.3 Å². The first-order valence-corrected chi connectivity index (χ1v) is 13.9. The molecule has 2 aromatic rings. The van der Waals surface area contributed by atoms with Gasteiger partial charge in [-0.05, 0) is 68.2 Å². The molecule has 0 aliphatic rings. The van der Waals surface area contributed by atoms with Gasteiger partial charge in [0.25, 0.3) is 0 Å². The number of hydrogen-bond donors (Lipinski definition) is 4. The fourth-order valence-electron chi connectivity index (χ4n) is 3.48. The van der Waals surface area contributed by atoms with Gasteiger partial charge in [-0.3, -0.25) is 4.79 Å². The second kappa shape index (κ2) is 19.0. The highest BCUT2D eigenvalue weighted by molar-refractivity contribution is 6.05. The monoisotopic (exact) mass is 563 g/mol. The number of ether oxygens (including phenoxy) is 1. The molecule has 2 unspecified atom stereocenters. The van der Waals surface area contributed by atoms with Crippen LogP contribution in [0.5, 0.6) is 5.75 Å². The molecule has 7 nitrogen and oxygen atoms in total. The maximum atomic E-state index is 12.9. The number of ketones is 1. The average molecular weight is 564 g/mol. The van der Waals surface area contributed by atoms with Crippen molar-refractivity contribution in [2.24, 2.45) is 11.8 Å². The highest BCUT2D eigenvalue weighted by atomic mass is 19.3. The lowest BCUT2D eigenvalue weighted by atomic mass is 9.90. The number of alkyl halides is 2. The molecule has 2 atom stereocenters. The van der Waals surface area contributed by atoms with E-state index >= 15 is 0 Å². The zero-order chi connectivity index (χ0) is 30.9. The van der Waals surface area contributed by atoms with Crippen LogP contribution in [0.25, 0.3) is 0 Å². The molecule has 0 saturated heterocycles. The summed E-state index contributed by atoms with van der Waals surface area (Å²) in [5.41, 5.74) is 2.23. The Morgan fingerprint density at radius 2 is 1.68 bits per heavy atom. The minimum Gasteiger partial charge on any atom is -0.433 e. The minimum atomic E-state index is -3.25. The minimum absolute atomic E-state index is 0.0510. The van der Waals surface area contributed by atoms with Crippen LogP contribution in [0.3, 0.4) is 0 Å². The number of allylic oxidation sites excluding steroid dienone is 1. The number of benzene rings is 1.